The number of aliphatic hydroxyl groups is 10. The molecule has 12 amide bonds. The number of urea groups is 3. The maximum atomic E-state index is 12.2. The zero-order chi connectivity index (χ0) is 77.1. The first-order valence-corrected chi connectivity index (χ1v) is 32.5. The number of H-pyrrole nitrogens is 3. The Kier molecular flexibility index (Phi) is 47.3. The van der Waals surface area contributed by atoms with Crippen LogP contribution in [0.2, 0.25) is 0 Å². The van der Waals surface area contributed by atoms with E-state index in [0.29, 0.717) is 82.0 Å². The quantitative estimate of drug-likeness (QED) is 0.0142. The number of aliphatic hydroxyl groups excluding tert-OH is 10. The lowest BCUT2D eigenvalue weighted by Gasteiger charge is -2.25. The summed E-state index contributed by atoms with van der Waals surface area (Å²) in [5, 5.41) is 124. The minimum atomic E-state index is -2.29. The summed E-state index contributed by atoms with van der Waals surface area (Å²) in [6, 6.07) is 2.50. The highest BCUT2D eigenvalue weighted by Gasteiger charge is 2.38. The minimum absolute atomic E-state index is 0.0409. The van der Waals surface area contributed by atoms with Crippen LogP contribution in [0.4, 0.5) is 41.8 Å². The third kappa shape index (κ3) is 42.7. The molecule has 0 saturated carbocycles. The van der Waals surface area contributed by atoms with Gasteiger partial charge in [0.15, 0.2) is 24.4 Å². The van der Waals surface area contributed by atoms with Crippen molar-refractivity contribution in [2.24, 2.45) is 4.99 Å². The second-order valence-electron chi connectivity index (χ2n) is 22.0. The van der Waals surface area contributed by atoms with Crippen LogP contribution in [0.15, 0.2) is 37.6 Å². The van der Waals surface area contributed by atoms with E-state index < -0.39 is 103 Å². The normalized spacial score (nSPS) is 12.9. The number of aromatic nitrogens is 6. The summed E-state index contributed by atoms with van der Waals surface area (Å²) in [5.74, 6) is -4.31. The molecule has 3 rings (SSSR count). The first kappa shape index (κ1) is 90.9. The maximum Gasteiger partial charge on any atom is 0.407 e. The summed E-state index contributed by atoms with van der Waals surface area (Å²) >= 11 is 0. The SMILES string of the molecule is Cc1cc(=O)[nH]c(NC(=O)NCCCCCCN=C=O)n1.Cc1cc(=O)[nH]c(NC(=O)NCCCCCCNC(=O)OCCNC(=O)[C@@H](O)C(O)[C@H](O)[C@@H](O)C(=O)NCCOC(=O)NCCCCCCNC(=O)Nc2nc(C)cc(=O)[nH]2)n1.O=C(NCCO)[C@@H](O)C(O)[C@H](O)[C@@H](O)C(=O)NCCO. The molecule has 0 aliphatic heterocycles. The topological polar surface area (TPSA) is 685 Å². The molecule has 3 heterocycles. The number of aliphatic imine (C=N–C) groups is 1. The highest BCUT2D eigenvalue weighted by molar-refractivity contribution is 5.88. The number of aromatic amines is 3. The minimum Gasteiger partial charge on any atom is -0.448 e. The van der Waals surface area contributed by atoms with E-state index in [4.69, 9.17) is 19.7 Å². The molecule has 8 atom stereocenters. The molecule has 0 fully saturated rings. The largest absolute Gasteiger partial charge is 0.448 e. The van der Waals surface area contributed by atoms with Gasteiger partial charge in [-0.2, -0.15) is 0 Å². The molecule has 25 N–H and O–H groups in total. The van der Waals surface area contributed by atoms with E-state index in [2.05, 4.69) is 88.1 Å². The van der Waals surface area contributed by atoms with Crippen LogP contribution in [-0.4, -0.2) is 282 Å². The van der Waals surface area contributed by atoms with Crippen molar-refractivity contribution in [3.05, 3.63) is 66.3 Å². The molecule has 103 heavy (non-hydrogen) atoms. The van der Waals surface area contributed by atoms with Crippen LogP contribution >= 0.6 is 0 Å². The van der Waals surface area contributed by atoms with E-state index in [9.17, 15) is 103 Å². The van der Waals surface area contributed by atoms with Crippen LogP contribution < -0.4 is 80.5 Å². The summed E-state index contributed by atoms with van der Waals surface area (Å²) in [4.78, 5) is 173. The highest BCUT2D eigenvalue weighted by atomic mass is 16.6. The molecule has 0 aliphatic rings. The summed E-state index contributed by atoms with van der Waals surface area (Å²) in [5.41, 5.74) is 0.378. The monoisotopic (exact) mass is 1470 g/mol. The fraction of sp³-hybridized carbons (Fsp3) is 0.627. The van der Waals surface area contributed by atoms with E-state index in [1.807, 2.05) is 10.6 Å². The Balaban J connectivity index is 0.00000104. The number of amides is 12. The standard InChI is InChI=1S/C36H58N12O14.C13H19N5O3.C10H20N2O8/c1-21-19-23(49)45-31(43-21)47-33(57)39-11-7-3-5-9-13-41-35(59)61-17-15-37-29(55)27(53)25(51)26(52)28(54)30(56)38-16-18-62-36(60)42-14-10-6-4-8-12-40-34(58)48-32-44-22(2)20-24(50)46-32;1-10-8-11(20)17-12(16-10)18-13(21)15-7-5-3-2-4-6-14-9-19;13-3-1-11-9(19)7(17)5(15)6(16)8(18)10(20)12-2-4-14/h19-20,25-28,51-54H,3-18H2,1-2H3,(H,37,55)(H,38,56)(H,41,59)(H,42,60)(H3,39,43,45,47,49,57)(H3,40,44,46,48,50,58);8H,2-7H2,1H3,(H3,15,16,17,18,20,21);5-8,13-18H,1-4H2,(H,11,19)(H,12,20)/t25-,26?,27+,28-;;5-,6?,7+,8-/m0.0/s1. The first-order valence-electron chi connectivity index (χ1n) is 32.5. The van der Waals surface area contributed by atoms with Gasteiger partial charge in [0.1, 0.15) is 37.6 Å². The number of carbonyl (C=O) groups excluding carboxylic acids is 10. The van der Waals surface area contributed by atoms with Gasteiger partial charge < -0.3 is 108 Å². The van der Waals surface area contributed by atoms with Gasteiger partial charge in [0.25, 0.3) is 40.3 Å². The Morgan fingerprint density at radius 2 is 0.660 bits per heavy atom. The Morgan fingerprint density at radius 1 is 0.398 bits per heavy atom. The van der Waals surface area contributed by atoms with Crippen molar-refractivity contribution in [3.63, 3.8) is 0 Å². The second-order valence-corrected chi connectivity index (χ2v) is 22.0. The van der Waals surface area contributed by atoms with Crippen molar-refractivity contribution in [1.29, 1.82) is 0 Å². The third-order valence-corrected chi connectivity index (χ3v) is 13.3. The number of nitrogens with zero attached hydrogens (tertiary/aromatic N) is 4. The number of isocyanates is 1. The Morgan fingerprint density at radius 3 is 0.922 bits per heavy atom. The molecular formula is C59H97N19O25. The number of hydrogen-bond donors (Lipinski definition) is 25. The van der Waals surface area contributed by atoms with Crippen molar-refractivity contribution in [1.82, 2.24) is 77.8 Å². The summed E-state index contributed by atoms with van der Waals surface area (Å²) in [6.45, 7) is 5.00. The molecule has 578 valence electrons. The lowest BCUT2D eigenvalue weighted by atomic mass is 10.0. The molecule has 3 aromatic heterocycles. The van der Waals surface area contributed by atoms with Crippen molar-refractivity contribution in [2.45, 2.75) is 147 Å². The summed E-state index contributed by atoms with van der Waals surface area (Å²) in [6.07, 6.45) is -8.48. The molecule has 0 spiro atoms. The zero-order valence-corrected chi connectivity index (χ0v) is 57.1. The third-order valence-electron chi connectivity index (χ3n) is 13.3. The maximum absolute atomic E-state index is 12.2. The van der Waals surface area contributed by atoms with Crippen molar-refractivity contribution in [2.75, 3.05) is 108 Å². The van der Waals surface area contributed by atoms with Gasteiger partial charge in [0.05, 0.1) is 32.8 Å². The average molecular weight is 1470 g/mol. The zero-order valence-electron chi connectivity index (χ0n) is 57.1. The van der Waals surface area contributed by atoms with Gasteiger partial charge in [-0.3, -0.25) is 64.5 Å². The molecular weight excluding hydrogens is 1370 g/mol. The van der Waals surface area contributed by atoms with Crippen LogP contribution in [0, 0.1) is 20.8 Å². The van der Waals surface area contributed by atoms with Gasteiger partial charge in [-0.25, -0.2) is 48.7 Å². The number of carbonyl (C=O) groups is 9. The number of alkyl carbamates (subject to hydrolysis) is 2. The Hall–Kier alpha value is -10.1. The molecule has 0 aliphatic carbocycles. The van der Waals surface area contributed by atoms with Crippen molar-refractivity contribution >= 4 is 77.8 Å². The molecule has 0 aromatic carbocycles. The number of nitrogens with one attached hydrogen (secondary N) is 15. The second kappa shape index (κ2) is 53.7. The van der Waals surface area contributed by atoms with E-state index >= 15 is 0 Å². The lowest BCUT2D eigenvalue weighted by molar-refractivity contribution is -0.155. The summed E-state index contributed by atoms with van der Waals surface area (Å²) < 4.78 is 9.84. The van der Waals surface area contributed by atoms with Gasteiger partial charge >= 0.3 is 30.3 Å². The average Bonchev–Trinajstić information content (AvgIpc) is 0.883. The number of ether oxygens (including phenoxy) is 2. The molecule has 2 unspecified atom stereocenters. The van der Waals surface area contributed by atoms with Gasteiger partial charge in [0.2, 0.25) is 23.9 Å². The van der Waals surface area contributed by atoms with E-state index in [-0.39, 0.29) is 87.1 Å². The Bertz CT molecular complexity index is 3140. The fourth-order valence-corrected chi connectivity index (χ4v) is 8.16. The van der Waals surface area contributed by atoms with Crippen LogP contribution in [0.25, 0.3) is 0 Å². The van der Waals surface area contributed by atoms with Crippen LogP contribution in [0.5, 0.6) is 0 Å². The number of anilines is 3. The molecule has 44 heteroatoms. The molecule has 0 radical (unpaired) electrons. The van der Waals surface area contributed by atoms with Crippen LogP contribution in [-0.2, 0) is 33.4 Å². The van der Waals surface area contributed by atoms with Crippen LogP contribution in [0.1, 0.15) is 94.1 Å². The van der Waals surface area contributed by atoms with Crippen molar-refractivity contribution in [3.8, 4) is 0 Å². The lowest BCUT2D eigenvalue weighted by Crippen LogP contribution is -2.55. The number of hydrogen-bond acceptors (Lipinski definition) is 29. The van der Waals surface area contributed by atoms with E-state index in [0.717, 1.165) is 51.4 Å². The summed E-state index contributed by atoms with van der Waals surface area (Å²) in [7, 11) is 0. The van der Waals surface area contributed by atoms with Gasteiger partial charge in [-0.1, -0.05) is 38.5 Å². The first-order chi connectivity index (χ1) is 49.0. The van der Waals surface area contributed by atoms with E-state index in [1.165, 1.54) is 24.3 Å². The number of rotatable bonds is 44. The van der Waals surface area contributed by atoms with Gasteiger partial charge in [-0.05, 0) is 59.3 Å². The molecule has 0 bridgehead atoms. The molecule has 44 nitrogen and oxygen atoms in total. The fourth-order valence-electron chi connectivity index (χ4n) is 8.16. The highest BCUT2D eigenvalue weighted by Crippen LogP contribution is 2.09. The predicted molar refractivity (Wildman–Crippen MR) is 361 cm³/mol. The van der Waals surface area contributed by atoms with Crippen molar-refractivity contribution < 1.29 is 108 Å². The van der Waals surface area contributed by atoms with E-state index in [1.54, 1.807) is 20.8 Å². The van der Waals surface area contributed by atoms with Gasteiger partial charge in [0, 0.05) is 81.1 Å². The Labute approximate surface area is 588 Å². The molecule has 3 aromatic rings. The predicted octanol–water partition coefficient (Wildman–Crippen LogP) is -6.59. The van der Waals surface area contributed by atoms with Gasteiger partial charge in [-0.15, -0.1) is 0 Å². The van der Waals surface area contributed by atoms with Crippen LogP contribution in [0.3, 0.4) is 0 Å². The number of unbranched alkanes of at least 4 members (excludes halogenated alkanes) is 9. The smallest absolute Gasteiger partial charge is 0.407 e. The number of aryl methyl sites for hydroxylation is 3. The molecule has 0 saturated heterocycles.